The number of carbonyl (C=O) groups is 2. The fraction of sp³-hybridized carbons (Fsp3) is 0.400. The number of amides is 1. The lowest BCUT2D eigenvalue weighted by atomic mass is 9.72. The standard InChI is InChI=1S/C35H40N2O3S/c1-7-40-34(39)31-26-17-16-24(35(4,5)6)19-30(26)41-33(31)37-32(38)27-20-29(36-28-11-9-8-10-25(27)28)23-14-12-22(13-15-23)18-21(2)3/h8-15,20-21,24H,7,16-19H2,1-6H3,(H,37,38)/t24-/m0/s1. The van der Waals surface area contributed by atoms with E-state index >= 15 is 0 Å². The third-order valence-corrected chi connectivity index (χ3v) is 9.22. The summed E-state index contributed by atoms with van der Waals surface area (Å²) in [7, 11) is 0. The average Bonchev–Trinajstić information content (AvgIpc) is 3.29. The van der Waals surface area contributed by atoms with Crippen molar-refractivity contribution in [3.63, 3.8) is 0 Å². The number of nitrogens with one attached hydrogen (secondary N) is 1. The molecular formula is C35H40N2O3S. The van der Waals surface area contributed by atoms with Crippen LogP contribution in [0.1, 0.15) is 84.7 Å². The predicted octanol–water partition coefficient (Wildman–Crippen LogP) is 8.74. The molecule has 5 rings (SSSR count). The summed E-state index contributed by atoms with van der Waals surface area (Å²) < 4.78 is 5.46. The number of benzene rings is 2. The van der Waals surface area contributed by atoms with Gasteiger partial charge in [0, 0.05) is 15.8 Å². The molecule has 0 aliphatic heterocycles. The molecule has 0 unspecified atom stereocenters. The van der Waals surface area contributed by atoms with Crippen LogP contribution in [0.5, 0.6) is 0 Å². The highest BCUT2D eigenvalue weighted by atomic mass is 32.1. The van der Waals surface area contributed by atoms with Crippen LogP contribution < -0.4 is 5.32 Å². The van der Waals surface area contributed by atoms with Gasteiger partial charge in [0.2, 0.25) is 0 Å². The van der Waals surface area contributed by atoms with E-state index in [1.54, 1.807) is 0 Å². The van der Waals surface area contributed by atoms with E-state index in [2.05, 4.69) is 64.2 Å². The van der Waals surface area contributed by atoms with Gasteiger partial charge in [0.05, 0.1) is 28.9 Å². The molecular weight excluding hydrogens is 528 g/mol. The molecule has 0 fully saturated rings. The van der Waals surface area contributed by atoms with Crippen LogP contribution in [0.15, 0.2) is 54.6 Å². The second-order valence-corrected chi connectivity index (χ2v) is 13.7. The molecule has 2 aromatic carbocycles. The number of fused-ring (bicyclic) bond motifs is 2. The van der Waals surface area contributed by atoms with E-state index < -0.39 is 0 Å². The van der Waals surface area contributed by atoms with Gasteiger partial charge in [-0.1, -0.05) is 77.1 Å². The lowest BCUT2D eigenvalue weighted by Gasteiger charge is -2.33. The smallest absolute Gasteiger partial charge is 0.341 e. The zero-order valence-electron chi connectivity index (χ0n) is 25.0. The Morgan fingerprint density at radius 3 is 2.51 bits per heavy atom. The van der Waals surface area contributed by atoms with Crippen LogP contribution in [0.2, 0.25) is 0 Å². The van der Waals surface area contributed by atoms with E-state index in [0.717, 1.165) is 53.4 Å². The first-order valence-corrected chi connectivity index (χ1v) is 15.5. The second kappa shape index (κ2) is 11.8. The molecule has 6 heteroatoms. The van der Waals surface area contributed by atoms with Crippen molar-refractivity contribution in [1.82, 2.24) is 4.98 Å². The number of thiophene rings is 1. The summed E-state index contributed by atoms with van der Waals surface area (Å²) in [5.41, 5.74) is 6.01. The van der Waals surface area contributed by atoms with Gasteiger partial charge >= 0.3 is 5.97 Å². The van der Waals surface area contributed by atoms with Crippen LogP contribution >= 0.6 is 11.3 Å². The van der Waals surface area contributed by atoms with Crippen molar-refractivity contribution in [3.05, 3.63) is 81.7 Å². The number of carbonyl (C=O) groups excluding carboxylic acids is 2. The van der Waals surface area contributed by atoms with E-state index in [4.69, 9.17) is 9.72 Å². The zero-order valence-corrected chi connectivity index (χ0v) is 25.8. The van der Waals surface area contributed by atoms with Gasteiger partial charge in [-0.2, -0.15) is 0 Å². The molecule has 1 N–H and O–H groups in total. The van der Waals surface area contributed by atoms with Crippen LogP contribution in [0, 0.1) is 17.3 Å². The number of anilines is 1. The van der Waals surface area contributed by atoms with Gasteiger partial charge in [0.15, 0.2) is 0 Å². The summed E-state index contributed by atoms with van der Waals surface area (Å²) in [5, 5.41) is 4.48. The molecule has 0 bridgehead atoms. The van der Waals surface area contributed by atoms with Crippen molar-refractivity contribution in [2.75, 3.05) is 11.9 Å². The SMILES string of the molecule is CCOC(=O)c1c(NC(=O)c2cc(-c3ccc(CC(C)C)cc3)nc3ccccc23)sc2c1CC[C@H](C(C)(C)C)C2. The molecule has 5 nitrogen and oxygen atoms in total. The van der Waals surface area contributed by atoms with Gasteiger partial charge in [-0.05, 0) is 73.1 Å². The maximum absolute atomic E-state index is 14.0. The number of nitrogens with zero attached hydrogens (tertiary/aromatic N) is 1. The van der Waals surface area contributed by atoms with Gasteiger partial charge in [0.25, 0.3) is 5.91 Å². The summed E-state index contributed by atoms with van der Waals surface area (Å²) >= 11 is 1.52. The van der Waals surface area contributed by atoms with E-state index in [-0.39, 0.29) is 23.9 Å². The van der Waals surface area contributed by atoms with Crippen molar-refractivity contribution in [2.45, 2.75) is 67.2 Å². The zero-order chi connectivity index (χ0) is 29.3. The molecule has 1 atom stereocenters. The Morgan fingerprint density at radius 1 is 1.10 bits per heavy atom. The van der Waals surface area contributed by atoms with Gasteiger partial charge in [0.1, 0.15) is 5.00 Å². The van der Waals surface area contributed by atoms with Crippen LogP contribution in [0.3, 0.4) is 0 Å². The topological polar surface area (TPSA) is 68.3 Å². The number of hydrogen-bond acceptors (Lipinski definition) is 5. The van der Waals surface area contributed by atoms with Crippen molar-refractivity contribution in [3.8, 4) is 11.3 Å². The number of hydrogen-bond donors (Lipinski definition) is 1. The molecule has 214 valence electrons. The summed E-state index contributed by atoms with van der Waals surface area (Å²) in [6, 6.07) is 18.0. The number of aromatic nitrogens is 1. The Morgan fingerprint density at radius 2 is 1.83 bits per heavy atom. The molecule has 2 aromatic heterocycles. The van der Waals surface area contributed by atoms with Crippen LogP contribution in [-0.2, 0) is 24.0 Å². The molecule has 2 heterocycles. The van der Waals surface area contributed by atoms with Crippen LogP contribution in [0.4, 0.5) is 5.00 Å². The number of esters is 1. The maximum atomic E-state index is 14.0. The average molecular weight is 569 g/mol. The highest BCUT2D eigenvalue weighted by Gasteiger charge is 2.34. The summed E-state index contributed by atoms with van der Waals surface area (Å²) in [5.74, 6) is 0.483. The fourth-order valence-corrected chi connectivity index (χ4v) is 7.11. The lowest BCUT2D eigenvalue weighted by Crippen LogP contribution is -2.26. The van der Waals surface area contributed by atoms with Gasteiger partial charge in [-0.25, -0.2) is 9.78 Å². The minimum Gasteiger partial charge on any atom is -0.462 e. The van der Waals surface area contributed by atoms with Crippen LogP contribution in [-0.4, -0.2) is 23.5 Å². The first-order valence-electron chi connectivity index (χ1n) is 14.7. The summed E-state index contributed by atoms with van der Waals surface area (Å²) in [4.78, 5) is 33.2. The van der Waals surface area contributed by atoms with Crippen molar-refractivity contribution < 1.29 is 14.3 Å². The maximum Gasteiger partial charge on any atom is 0.341 e. The first kappa shape index (κ1) is 29.0. The number of pyridine rings is 1. The Hall–Kier alpha value is -3.51. The molecule has 4 aromatic rings. The molecule has 0 spiro atoms. The molecule has 1 amide bonds. The normalized spacial score (nSPS) is 15.1. The van der Waals surface area contributed by atoms with Gasteiger partial charge in [-0.15, -0.1) is 11.3 Å². The van der Waals surface area contributed by atoms with Gasteiger partial charge in [-0.3, -0.25) is 4.79 Å². The molecule has 1 aliphatic carbocycles. The van der Waals surface area contributed by atoms with E-state index in [9.17, 15) is 9.59 Å². The quantitative estimate of drug-likeness (QED) is 0.226. The van der Waals surface area contributed by atoms with Crippen LogP contribution in [0.25, 0.3) is 22.2 Å². The monoisotopic (exact) mass is 568 g/mol. The molecule has 0 radical (unpaired) electrons. The molecule has 0 saturated carbocycles. The van der Waals surface area contributed by atoms with E-state index in [1.807, 2.05) is 37.3 Å². The predicted molar refractivity (Wildman–Crippen MR) is 169 cm³/mol. The highest BCUT2D eigenvalue weighted by molar-refractivity contribution is 7.17. The molecule has 41 heavy (non-hydrogen) atoms. The largest absolute Gasteiger partial charge is 0.462 e. The highest BCUT2D eigenvalue weighted by Crippen LogP contribution is 2.44. The fourth-order valence-electron chi connectivity index (χ4n) is 5.80. The lowest BCUT2D eigenvalue weighted by molar-refractivity contribution is 0.0526. The number of rotatable bonds is 7. The Bertz CT molecular complexity index is 1580. The number of para-hydroxylation sites is 1. The summed E-state index contributed by atoms with van der Waals surface area (Å²) in [6.45, 7) is 13.3. The minimum atomic E-state index is -0.365. The Balaban J connectivity index is 1.52. The van der Waals surface area contributed by atoms with Crippen molar-refractivity contribution in [2.24, 2.45) is 17.3 Å². The van der Waals surface area contributed by atoms with Crippen molar-refractivity contribution in [1.29, 1.82) is 0 Å². The first-order chi connectivity index (χ1) is 19.5. The Labute approximate surface area is 247 Å². The Kier molecular flexibility index (Phi) is 8.32. The summed E-state index contributed by atoms with van der Waals surface area (Å²) in [6.07, 6.45) is 3.75. The third-order valence-electron chi connectivity index (χ3n) is 8.05. The van der Waals surface area contributed by atoms with Gasteiger partial charge < -0.3 is 10.1 Å². The van der Waals surface area contributed by atoms with Crippen molar-refractivity contribution >= 4 is 39.1 Å². The number of ether oxygens (including phenoxy) is 1. The second-order valence-electron chi connectivity index (χ2n) is 12.6. The van der Waals surface area contributed by atoms with E-state index in [0.29, 0.717) is 28.0 Å². The minimum absolute atomic E-state index is 0.175. The van der Waals surface area contributed by atoms with E-state index in [1.165, 1.54) is 21.8 Å². The molecule has 0 saturated heterocycles. The molecule has 1 aliphatic rings. The third kappa shape index (κ3) is 6.23.